The Labute approximate surface area is 119 Å². The van der Waals surface area contributed by atoms with Crippen LogP contribution in [0, 0.1) is 0 Å². The van der Waals surface area contributed by atoms with Gasteiger partial charge >= 0.3 is 0 Å². The molecule has 2 aromatic heterocycles. The molecular formula is C14H14N4OS. The van der Waals surface area contributed by atoms with Crippen molar-refractivity contribution in [1.82, 2.24) is 20.2 Å². The number of hydrogen-bond acceptors (Lipinski definition) is 4. The molecule has 6 heteroatoms. The highest BCUT2D eigenvalue weighted by molar-refractivity contribution is 7.98. The highest BCUT2D eigenvalue weighted by Gasteiger charge is 2.05. The second kappa shape index (κ2) is 5.50. The van der Waals surface area contributed by atoms with Gasteiger partial charge in [-0.1, -0.05) is 30.8 Å². The van der Waals surface area contributed by atoms with Crippen molar-refractivity contribution in [2.45, 2.75) is 24.3 Å². The molecule has 0 fully saturated rings. The fraction of sp³-hybridized carbons (Fsp3) is 0.214. The molecule has 0 aliphatic rings. The predicted octanol–water partition coefficient (Wildman–Crippen LogP) is 2.50. The maximum absolute atomic E-state index is 12.0. The molecule has 2 N–H and O–H groups in total. The number of aryl methyl sites for hydroxylation is 1. The normalized spacial score (nSPS) is 11.1. The molecule has 3 aromatic rings. The average Bonchev–Trinajstić information content (AvgIpc) is 2.93. The molecule has 102 valence electrons. The number of nitrogens with one attached hydrogen (secondary N) is 2. The van der Waals surface area contributed by atoms with Gasteiger partial charge < -0.3 is 4.98 Å². The van der Waals surface area contributed by atoms with Crippen molar-refractivity contribution in [3.63, 3.8) is 0 Å². The maximum Gasteiger partial charge on any atom is 0.208 e. The number of H-pyrrole nitrogens is 2. The van der Waals surface area contributed by atoms with Crippen LogP contribution in [-0.4, -0.2) is 20.2 Å². The first kappa shape index (κ1) is 12.9. The van der Waals surface area contributed by atoms with Gasteiger partial charge in [-0.05, 0) is 12.1 Å². The second-order valence-corrected chi connectivity index (χ2v) is 5.35. The van der Waals surface area contributed by atoms with Gasteiger partial charge in [-0.15, -0.1) is 5.10 Å². The summed E-state index contributed by atoms with van der Waals surface area (Å²) < 4.78 is 0. The van der Waals surface area contributed by atoms with Crippen molar-refractivity contribution in [2.75, 3.05) is 0 Å². The maximum atomic E-state index is 12.0. The Hall–Kier alpha value is -2.08. The molecule has 0 atom stereocenters. The van der Waals surface area contributed by atoms with E-state index in [9.17, 15) is 4.79 Å². The van der Waals surface area contributed by atoms with E-state index in [0.717, 1.165) is 23.5 Å². The number of pyridine rings is 1. The number of fused-ring (bicyclic) bond motifs is 1. The van der Waals surface area contributed by atoms with Crippen molar-refractivity contribution in [3.8, 4) is 0 Å². The molecule has 0 aliphatic carbocycles. The van der Waals surface area contributed by atoms with Gasteiger partial charge in [0.05, 0.1) is 0 Å². The third-order valence-electron chi connectivity index (χ3n) is 3.00. The molecule has 0 bridgehead atoms. The van der Waals surface area contributed by atoms with Gasteiger partial charge in [-0.25, -0.2) is 4.98 Å². The van der Waals surface area contributed by atoms with Crippen LogP contribution in [0.15, 0.2) is 40.3 Å². The Morgan fingerprint density at radius 1 is 1.30 bits per heavy atom. The summed E-state index contributed by atoms with van der Waals surface area (Å²) >= 11 is 1.50. The molecule has 0 saturated heterocycles. The van der Waals surface area contributed by atoms with Crippen LogP contribution < -0.4 is 5.43 Å². The zero-order chi connectivity index (χ0) is 13.9. The summed E-state index contributed by atoms with van der Waals surface area (Å²) in [7, 11) is 0. The van der Waals surface area contributed by atoms with Crippen molar-refractivity contribution in [1.29, 1.82) is 0 Å². The third-order valence-corrected chi connectivity index (χ3v) is 3.89. The molecule has 5 nitrogen and oxygen atoms in total. The minimum absolute atomic E-state index is 0.0409. The van der Waals surface area contributed by atoms with E-state index in [4.69, 9.17) is 0 Å². The first-order chi connectivity index (χ1) is 9.76. The van der Waals surface area contributed by atoms with E-state index in [1.807, 2.05) is 31.2 Å². The fourth-order valence-electron chi connectivity index (χ4n) is 1.97. The van der Waals surface area contributed by atoms with Gasteiger partial charge in [-0.3, -0.25) is 9.89 Å². The van der Waals surface area contributed by atoms with Gasteiger partial charge in [0.25, 0.3) is 0 Å². The molecule has 1 aromatic carbocycles. The molecular weight excluding hydrogens is 272 g/mol. The second-order valence-electron chi connectivity index (χ2n) is 4.41. The summed E-state index contributed by atoms with van der Waals surface area (Å²) in [4.78, 5) is 19.6. The number of hydrogen-bond donors (Lipinski definition) is 2. The first-order valence-corrected chi connectivity index (χ1v) is 7.40. The van der Waals surface area contributed by atoms with Gasteiger partial charge in [-0.2, -0.15) is 0 Å². The molecule has 3 rings (SSSR count). The molecule has 0 saturated carbocycles. The van der Waals surface area contributed by atoms with E-state index in [1.165, 1.54) is 11.8 Å². The van der Waals surface area contributed by atoms with Gasteiger partial charge in [0, 0.05) is 34.8 Å². The topological polar surface area (TPSA) is 74.4 Å². The third kappa shape index (κ3) is 2.60. The quantitative estimate of drug-likeness (QED) is 0.723. The summed E-state index contributed by atoms with van der Waals surface area (Å²) in [5.74, 6) is 1.51. The molecule has 0 spiro atoms. The minimum atomic E-state index is 0.0409. The lowest BCUT2D eigenvalue weighted by atomic mass is 10.2. The van der Waals surface area contributed by atoms with Crippen molar-refractivity contribution < 1.29 is 0 Å². The summed E-state index contributed by atoms with van der Waals surface area (Å²) in [5.41, 5.74) is 1.78. The Morgan fingerprint density at radius 3 is 2.95 bits per heavy atom. The molecule has 0 radical (unpaired) electrons. The van der Waals surface area contributed by atoms with Crippen LogP contribution in [0.4, 0.5) is 0 Å². The van der Waals surface area contributed by atoms with Gasteiger partial charge in [0.1, 0.15) is 5.82 Å². The Balaban J connectivity index is 1.82. The van der Waals surface area contributed by atoms with E-state index in [1.54, 1.807) is 6.07 Å². The van der Waals surface area contributed by atoms with Crippen molar-refractivity contribution in [3.05, 3.63) is 52.1 Å². The largest absolute Gasteiger partial charge is 0.357 e. The Morgan fingerprint density at radius 2 is 2.15 bits per heavy atom. The smallest absolute Gasteiger partial charge is 0.208 e. The zero-order valence-electron chi connectivity index (χ0n) is 11.0. The predicted molar refractivity (Wildman–Crippen MR) is 79.9 cm³/mol. The number of thioether (sulfide) groups is 1. The number of aromatic nitrogens is 4. The summed E-state index contributed by atoms with van der Waals surface area (Å²) in [6.07, 6.45) is 0.834. The number of para-hydroxylation sites is 1. The van der Waals surface area contributed by atoms with Crippen LogP contribution in [-0.2, 0) is 12.2 Å². The van der Waals surface area contributed by atoms with Crippen molar-refractivity contribution >= 4 is 22.7 Å². The number of nitrogens with zero attached hydrogens (tertiary/aromatic N) is 2. The zero-order valence-corrected chi connectivity index (χ0v) is 11.8. The van der Waals surface area contributed by atoms with E-state index >= 15 is 0 Å². The number of rotatable bonds is 4. The molecule has 0 aliphatic heterocycles. The van der Waals surface area contributed by atoms with Crippen LogP contribution in [0.2, 0.25) is 0 Å². The Kier molecular flexibility index (Phi) is 3.56. The minimum Gasteiger partial charge on any atom is -0.357 e. The van der Waals surface area contributed by atoms with Gasteiger partial charge in [0.15, 0.2) is 5.43 Å². The first-order valence-electron chi connectivity index (χ1n) is 6.41. The standard InChI is InChI=1S/C14H14N4OS/c1-2-13-16-14(18-17-13)20-8-9-7-12(19)10-5-3-4-6-11(10)15-9/h3-7H,2,8H2,1H3,(H,15,19)(H,16,17,18). The van der Waals surface area contributed by atoms with E-state index in [-0.39, 0.29) is 5.43 Å². The molecule has 0 amide bonds. The molecule has 20 heavy (non-hydrogen) atoms. The van der Waals surface area contributed by atoms with Crippen LogP contribution in [0.5, 0.6) is 0 Å². The molecule has 0 unspecified atom stereocenters. The fourth-order valence-corrected chi connectivity index (χ4v) is 2.70. The SMILES string of the molecule is CCc1nc(SCc2cc(=O)c3ccccc3[nH]2)n[nH]1. The van der Waals surface area contributed by atoms with E-state index < -0.39 is 0 Å². The van der Waals surface area contributed by atoms with Crippen LogP contribution in [0.3, 0.4) is 0 Å². The lowest BCUT2D eigenvalue weighted by Gasteiger charge is -2.02. The highest BCUT2D eigenvalue weighted by Crippen LogP contribution is 2.18. The highest BCUT2D eigenvalue weighted by atomic mass is 32.2. The monoisotopic (exact) mass is 286 g/mol. The van der Waals surface area contributed by atoms with Gasteiger partial charge in [0.2, 0.25) is 5.16 Å². The summed E-state index contributed by atoms with van der Waals surface area (Å²) in [6.45, 7) is 2.02. The Bertz CT molecular complexity index is 793. The van der Waals surface area contributed by atoms with Crippen LogP contribution in [0.25, 0.3) is 10.9 Å². The van der Waals surface area contributed by atoms with Crippen LogP contribution >= 0.6 is 11.8 Å². The molecule has 2 heterocycles. The average molecular weight is 286 g/mol. The van der Waals surface area contributed by atoms with E-state index in [0.29, 0.717) is 16.3 Å². The lowest BCUT2D eigenvalue weighted by Crippen LogP contribution is -2.04. The summed E-state index contributed by atoms with van der Waals surface area (Å²) in [5, 5.41) is 8.42. The van der Waals surface area contributed by atoms with E-state index in [2.05, 4.69) is 20.2 Å². The van der Waals surface area contributed by atoms with Crippen molar-refractivity contribution in [2.24, 2.45) is 0 Å². The van der Waals surface area contributed by atoms with Crippen LogP contribution in [0.1, 0.15) is 18.4 Å². The lowest BCUT2D eigenvalue weighted by molar-refractivity contribution is 0.941. The summed E-state index contributed by atoms with van der Waals surface area (Å²) in [6, 6.07) is 9.16. The number of benzene rings is 1. The number of aromatic amines is 2.